The summed E-state index contributed by atoms with van der Waals surface area (Å²) in [6.07, 6.45) is 0. The summed E-state index contributed by atoms with van der Waals surface area (Å²) in [6, 6.07) is 15.9. The fourth-order valence-electron chi connectivity index (χ4n) is 3.02. The number of nitrogens with one attached hydrogen (secondary N) is 1. The van der Waals surface area contributed by atoms with Crippen LogP contribution in [0.25, 0.3) is 16.9 Å². The van der Waals surface area contributed by atoms with E-state index >= 15 is 0 Å². The summed E-state index contributed by atoms with van der Waals surface area (Å²) in [5.74, 6) is -0.657. The number of hydrogen-bond acceptors (Lipinski definition) is 9. The lowest BCUT2D eigenvalue weighted by molar-refractivity contribution is -0.384. The van der Waals surface area contributed by atoms with Crippen molar-refractivity contribution in [2.75, 3.05) is 17.7 Å². The number of thioether (sulfide) groups is 1. The first kappa shape index (κ1) is 22.9. The molecule has 34 heavy (non-hydrogen) atoms. The summed E-state index contributed by atoms with van der Waals surface area (Å²) in [5.41, 5.74) is 2.45. The molecule has 0 radical (unpaired) electrons. The molecule has 0 aliphatic heterocycles. The van der Waals surface area contributed by atoms with E-state index in [9.17, 15) is 19.7 Å². The van der Waals surface area contributed by atoms with Crippen molar-refractivity contribution in [3.63, 3.8) is 0 Å². The summed E-state index contributed by atoms with van der Waals surface area (Å²) in [5, 5.41) is 26.8. The van der Waals surface area contributed by atoms with Gasteiger partial charge in [0.2, 0.25) is 11.1 Å². The summed E-state index contributed by atoms with van der Waals surface area (Å²) in [4.78, 5) is 34.7. The second kappa shape index (κ2) is 10.1. The number of nitro groups is 1. The van der Waals surface area contributed by atoms with E-state index in [1.165, 1.54) is 16.6 Å². The molecule has 0 spiro atoms. The van der Waals surface area contributed by atoms with Crippen LogP contribution in [-0.2, 0) is 9.53 Å². The summed E-state index contributed by atoms with van der Waals surface area (Å²) < 4.78 is 6.42. The van der Waals surface area contributed by atoms with Gasteiger partial charge in [-0.3, -0.25) is 14.9 Å². The highest BCUT2D eigenvalue weighted by atomic mass is 32.2. The van der Waals surface area contributed by atoms with Gasteiger partial charge in [0.05, 0.1) is 28.5 Å². The molecule has 172 valence electrons. The number of carbonyl (C=O) groups excluding carboxylic acids is 2. The van der Waals surface area contributed by atoms with E-state index < -0.39 is 10.9 Å². The summed E-state index contributed by atoms with van der Waals surface area (Å²) >= 11 is 1.14. The van der Waals surface area contributed by atoms with Crippen LogP contribution in [0.2, 0.25) is 0 Å². The lowest BCUT2D eigenvalue weighted by atomic mass is 10.1. The first-order valence-corrected chi connectivity index (χ1v) is 11.1. The third-order valence-corrected chi connectivity index (χ3v) is 5.52. The molecule has 0 unspecified atom stereocenters. The Morgan fingerprint density at radius 2 is 1.91 bits per heavy atom. The minimum atomic E-state index is -0.467. The van der Waals surface area contributed by atoms with Gasteiger partial charge in [-0.25, -0.2) is 4.79 Å². The van der Waals surface area contributed by atoms with Gasteiger partial charge in [-0.2, -0.15) is 9.61 Å². The minimum absolute atomic E-state index is 0.0373. The quantitative estimate of drug-likeness (QED) is 0.174. The maximum absolute atomic E-state index is 12.4. The molecular weight excluding hydrogens is 460 g/mol. The largest absolute Gasteiger partial charge is 0.462 e. The van der Waals surface area contributed by atoms with Crippen molar-refractivity contribution >= 4 is 40.7 Å². The highest BCUT2D eigenvalue weighted by molar-refractivity contribution is 7.99. The Labute approximate surface area is 197 Å². The number of non-ortho nitro benzene ring substituents is 1. The van der Waals surface area contributed by atoms with Crippen molar-refractivity contribution in [1.29, 1.82) is 0 Å². The number of fused-ring (bicyclic) bond motifs is 1. The highest BCUT2D eigenvalue weighted by Crippen LogP contribution is 2.24. The van der Waals surface area contributed by atoms with Gasteiger partial charge in [-0.1, -0.05) is 23.9 Å². The molecule has 2 aromatic carbocycles. The van der Waals surface area contributed by atoms with Gasteiger partial charge < -0.3 is 10.1 Å². The van der Waals surface area contributed by atoms with Crippen LogP contribution in [-0.4, -0.2) is 49.0 Å². The monoisotopic (exact) mass is 478 g/mol. The van der Waals surface area contributed by atoms with E-state index in [0.29, 0.717) is 33.3 Å². The number of nitrogens with zero attached hydrogens (tertiary/aromatic N) is 5. The first-order valence-electron chi connectivity index (χ1n) is 10.1. The molecule has 0 bridgehead atoms. The maximum Gasteiger partial charge on any atom is 0.338 e. The fourth-order valence-corrected chi connectivity index (χ4v) is 3.71. The van der Waals surface area contributed by atoms with Crippen molar-refractivity contribution in [1.82, 2.24) is 19.8 Å². The van der Waals surface area contributed by atoms with E-state index in [1.807, 2.05) is 0 Å². The van der Waals surface area contributed by atoms with E-state index in [0.717, 1.165) is 11.8 Å². The SMILES string of the molecule is CCOC(=O)c1ccc(NC(=O)CSc2nnc3ccc(-c4cccc([N+](=O)[O-])c4)nn23)cc1. The first-order chi connectivity index (χ1) is 16.4. The van der Waals surface area contributed by atoms with E-state index in [2.05, 4.69) is 20.6 Å². The molecule has 1 amide bonds. The predicted octanol–water partition coefficient (Wildman–Crippen LogP) is 3.61. The Bertz CT molecular complexity index is 1370. The smallest absolute Gasteiger partial charge is 0.338 e. The van der Waals surface area contributed by atoms with Crippen LogP contribution < -0.4 is 5.32 Å². The van der Waals surface area contributed by atoms with Gasteiger partial charge in [0.1, 0.15) is 0 Å². The second-order valence-electron chi connectivity index (χ2n) is 6.91. The number of amides is 1. The van der Waals surface area contributed by atoms with Crippen LogP contribution in [0.1, 0.15) is 17.3 Å². The van der Waals surface area contributed by atoms with Gasteiger partial charge >= 0.3 is 5.97 Å². The molecule has 4 aromatic rings. The normalized spacial score (nSPS) is 10.7. The zero-order valence-electron chi connectivity index (χ0n) is 17.9. The summed E-state index contributed by atoms with van der Waals surface area (Å²) in [7, 11) is 0. The number of hydrogen-bond donors (Lipinski definition) is 1. The molecule has 0 saturated carbocycles. The van der Waals surface area contributed by atoms with Crippen LogP contribution in [0, 0.1) is 10.1 Å². The average molecular weight is 478 g/mol. The number of aromatic nitrogens is 4. The lowest BCUT2D eigenvalue weighted by Gasteiger charge is -2.06. The maximum atomic E-state index is 12.4. The standard InChI is InChI=1S/C22H18N6O5S/c1-2-33-21(30)14-6-8-16(9-7-14)23-20(29)13-34-22-25-24-19-11-10-18(26-27(19)22)15-4-3-5-17(12-15)28(31)32/h3-12H,2,13H2,1H3,(H,23,29). The Morgan fingerprint density at radius 3 is 2.65 bits per heavy atom. The molecule has 2 heterocycles. The van der Waals surface area contributed by atoms with Crippen LogP contribution in [0.3, 0.4) is 0 Å². The average Bonchev–Trinajstić information content (AvgIpc) is 3.25. The van der Waals surface area contributed by atoms with Crippen molar-refractivity contribution in [2.45, 2.75) is 12.1 Å². The topological polar surface area (TPSA) is 142 Å². The lowest BCUT2D eigenvalue weighted by Crippen LogP contribution is -2.14. The number of benzene rings is 2. The number of nitro benzene ring substituents is 1. The van der Waals surface area contributed by atoms with Crippen LogP contribution in [0.15, 0.2) is 65.8 Å². The molecule has 0 fully saturated rings. The zero-order chi connectivity index (χ0) is 24.1. The number of carbonyl (C=O) groups is 2. The fraction of sp³-hybridized carbons (Fsp3) is 0.136. The van der Waals surface area contributed by atoms with E-state index in [-0.39, 0.29) is 24.0 Å². The van der Waals surface area contributed by atoms with Crippen molar-refractivity contribution in [2.24, 2.45) is 0 Å². The van der Waals surface area contributed by atoms with Crippen LogP contribution in [0.5, 0.6) is 0 Å². The van der Waals surface area contributed by atoms with Gasteiger partial charge in [0, 0.05) is 23.4 Å². The Hall–Kier alpha value is -4.32. The number of anilines is 1. The van der Waals surface area contributed by atoms with Gasteiger partial charge in [-0.15, -0.1) is 10.2 Å². The number of ether oxygens (including phenoxy) is 1. The third-order valence-electron chi connectivity index (χ3n) is 4.60. The van der Waals surface area contributed by atoms with Gasteiger partial charge in [0.25, 0.3) is 5.69 Å². The van der Waals surface area contributed by atoms with Crippen LogP contribution >= 0.6 is 11.8 Å². The molecule has 0 atom stereocenters. The number of rotatable bonds is 8. The molecular formula is C22H18N6O5S. The molecule has 2 aromatic heterocycles. The van der Waals surface area contributed by atoms with Gasteiger partial charge in [-0.05, 0) is 43.3 Å². The van der Waals surface area contributed by atoms with Gasteiger partial charge in [0.15, 0.2) is 5.65 Å². The molecule has 1 N–H and O–H groups in total. The van der Waals surface area contributed by atoms with E-state index in [1.54, 1.807) is 55.5 Å². The van der Waals surface area contributed by atoms with E-state index in [4.69, 9.17) is 4.74 Å². The molecule has 11 nitrogen and oxygen atoms in total. The molecule has 0 aliphatic rings. The van der Waals surface area contributed by atoms with Crippen molar-refractivity contribution < 1.29 is 19.2 Å². The van der Waals surface area contributed by atoms with Crippen molar-refractivity contribution in [3.05, 3.63) is 76.3 Å². The highest BCUT2D eigenvalue weighted by Gasteiger charge is 2.14. The molecule has 12 heteroatoms. The zero-order valence-corrected chi connectivity index (χ0v) is 18.7. The molecule has 0 aliphatic carbocycles. The Morgan fingerprint density at radius 1 is 1.12 bits per heavy atom. The molecule has 0 saturated heterocycles. The third kappa shape index (κ3) is 5.18. The minimum Gasteiger partial charge on any atom is -0.462 e. The Balaban J connectivity index is 1.44. The molecule has 4 rings (SSSR count). The summed E-state index contributed by atoms with van der Waals surface area (Å²) in [6.45, 7) is 2.01. The number of esters is 1. The Kier molecular flexibility index (Phi) is 6.78. The van der Waals surface area contributed by atoms with Crippen molar-refractivity contribution in [3.8, 4) is 11.3 Å². The van der Waals surface area contributed by atoms with Crippen LogP contribution in [0.4, 0.5) is 11.4 Å². The predicted molar refractivity (Wildman–Crippen MR) is 125 cm³/mol. The second-order valence-corrected chi connectivity index (χ2v) is 7.86.